The Kier molecular flexibility index (Phi) is 5.28. The minimum Gasteiger partial charge on any atom is -0.468 e. The molecule has 2 aromatic rings. The molecule has 7 heteroatoms. The zero-order valence-electron chi connectivity index (χ0n) is 11.9. The van der Waals surface area contributed by atoms with Gasteiger partial charge in [0.05, 0.1) is 31.2 Å². The van der Waals surface area contributed by atoms with Crippen molar-refractivity contribution in [3.63, 3.8) is 0 Å². The lowest BCUT2D eigenvalue weighted by atomic mass is 10.2. The summed E-state index contributed by atoms with van der Waals surface area (Å²) in [5.41, 5.74) is 0.857. The standard InChI is InChI=1S/C13H21N5O2/c1-17(2)12(13-4-3-7-20-13)9-14-8-11-10-18(5-6-19)16-15-11/h3-4,7,10,12,14,19H,5-6,8-9H2,1-2H3. The number of aromatic nitrogens is 3. The maximum atomic E-state index is 8.82. The van der Waals surface area contributed by atoms with Gasteiger partial charge in [0, 0.05) is 19.3 Å². The van der Waals surface area contributed by atoms with E-state index in [1.807, 2.05) is 32.4 Å². The molecule has 2 N–H and O–H groups in total. The lowest BCUT2D eigenvalue weighted by Gasteiger charge is -2.22. The van der Waals surface area contributed by atoms with E-state index in [9.17, 15) is 0 Å². The summed E-state index contributed by atoms with van der Waals surface area (Å²) in [6.45, 7) is 1.93. The molecule has 20 heavy (non-hydrogen) atoms. The summed E-state index contributed by atoms with van der Waals surface area (Å²) in [6, 6.07) is 4.05. The van der Waals surface area contributed by atoms with Crippen molar-refractivity contribution < 1.29 is 9.52 Å². The SMILES string of the molecule is CN(C)C(CNCc1cn(CCO)nn1)c1ccco1. The number of rotatable bonds is 8. The van der Waals surface area contributed by atoms with Crippen LogP contribution >= 0.6 is 0 Å². The fourth-order valence-electron chi connectivity index (χ4n) is 1.99. The van der Waals surface area contributed by atoms with Gasteiger partial charge in [0.25, 0.3) is 0 Å². The van der Waals surface area contributed by atoms with Gasteiger partial charge in [0.1, 0.15) is 5.76 Å². The Morgan fingerprint density at radius 1 is 1.50 bits per heavy atom. The molecule has 0 saturated heterocycles. The second-order valence-electron chi connectivity index (χ2n) is 4.82. The summed E-state index contributed by atoms with van der Waals surface area (Å²) in [4.78, 5) is 2.11. The van der Waals surface area contributed by atoms with Gasteiger partial charge in [-0.05, 0) is 26.2 Å². The van der Waals surface area contributed by atoms with E-state index >= 15 is 0 Å². The monoisotopic (exact) mass is 279 g/mol. The Morgan fingerprint density at radius 2 is 2.35 bits per heavy atom. The Bertz CT molecular complexity index is 495. The molecule has 0 spiro atoms. The second kappa shape index (κ2) is 7.18. The fourth-order valence-corrected chi connectivity index (χ4v) is 1.99. The van der Waals surface area contributed by atoms with Crippen LogP contribution in [0.5, 0.6) is 0 Å². The van der Waals surface area contributed by atoms with E-state index in [4.69, 9.17) is 9.52 Å². The van der Waals surface area contributed by atoms with Gasteiger partial charge in [0.15, 0.2) is 0 Å². The first kappa shape index (κ1) is 14.7. The lowest BCUT2D eigenvalue weighted by Crippen LogP contribution is -2.30. The zero-order chi connectivity index (χ0) is 14.4. The van der Waals surface area contributed by atoms with Crippen LogP contribution in [0.1, 0.15) is 17.5 Å². The number of furan rings is 1. The summed E-state index contributed by atoms with van der Waals surface area (Å²) >= 11 is 0. The fraction of sp³-hybridized carbons (Fsp3) is 0.538. The third kappa shape index (κ3) is 3.89. The maximum Gasteiger partial charge on any atom is 0.122 e. The topological polar surface area (TPSA) is 79.4 Å². The van der Waals surface area contributed by atoms with Crippen molar-refractivity contribution in [3.8, 4) is 0 Å². The predicted octanol–water partition coefficient (Wildman–Crippen LogP) is 0.256. The van der Waals surface area contributed by atoms with E-state index in [0.29, 0.717) is 13.1 Å². The molecule has 0 saturated carbocycles. The Labute approximate surface area is 118 Å². The number of hydrogen-bond acceptors (Lipinski definition) is 6. The first-order chi connectivity index (χ1) is 9.70. The van der Waals surface area contributed by atoms with Crippen LogP contribution in [0.3, 0.4) is 0 Å². The largest absolute Gasteiger partial charge is 0.468 e. The number of likely N-dealkylation sites (N-methyl/N-ethyl adjacent to an activating group) is 1. The molecule has 2 aromatic heterocycles. The Balaban J connectivity index is 1.84. The highest BCUT2D eigenvalue weighted by Gasteiger charge is 2.16. The van der Waals surface area contributed by atoms with Crippen LogP contribution in [0.25, 0.3) is 0 Å². The van der Waals surface area contributed by atoms with Crippen molar-refractivity contribution in [1.82, 2.24) is 25.2 Å². The second-order valence-corrected chi connectivity index (χ2v) is 4.82. The molecule has 0 aliphatic heterocycles. The molecule has 2 rings (SSSR count). The third-order valence-electron chi connectivity index (χ3n) is 3.05. The molecule has 0 fully saturated rings. The van der Waals surface area contributed by atoms with Crippen molar-refractivity contribution >= 4 is 0 Å². The molecule has 0 aromatic carbocycles. The van der Waals surface area contributed by atoms with E-state index in [1.54, 1.807) is 10.9 Å². The molecule has 0 aliphatic carbocycles. The summed E-state index contributed by atoms with van der Waals surface area (Å²) in [7, 11) is 4.04. The first-order valence-electron chi connectivity index (χ1n) is 6.61. The summed E-state index contributed by atoms with van der Waals surface area (Å²) < 4.78 is 7.09. The Hall–Kier alpha value is -1.70. The summed E-state index contributed by atoms with van der Waals surface area (Å²) in [6.07, 6.45) is 3.52. The summed E-state index contributed by atoms with van der Waals surface area (Å²) in [5.74, 6) is 0.937. The smallest absolute Gasteiger partial charge is 0.122 e. The third-order valence-corrected chi connectivity index (χ3v) is 3.05. The number of hydrogen-bond donors (Lipinski definition) is 2. The molecule has 7 nitrogen and oxygen atoms in total. The molecule has 0 aliphatic rings. The van der Waals surface area contributed by atoms with E-state index < -0.39 is 0 Å². The first-order valence-corrected chi connectivity index (χ1v) is 6.61. The van der Waals surface area contributed by atoms with Crippen LogP contribution in [0, 0.1) is 0 Å². The molecular formula is C13H21N5O2. The van der Waals surface area contributed by atoms with Gasteiger partial charge in [-0.15, -0.1) is 5.10 Å². The molecule has 110 valence electrons. The predicted molar refractivity (Wildman–Crippen MR) is 74.0 cm³/mol. The van der Waals surface area contributed by atoms with Crippen molar-refractivity contribution in [1.29, 1.82) is 0 Å². The molecular weight excluding hydrogens is 258 g/mol. The van der Waals surface area contributed by atoms with Gasteiger partial charge in [-0.25, -0.2) is 4.68 Å². The number of aliphatic hydroxyl groups is 1. The van der Waals surface area contributed by atoms with Crippen molar-refractivity contribution in [2.75, 3.05) is 27.2 Å². The molecule has 0 bridgehead atoms. The highest BCUT2D eigenvalue weighted by molar-refractivity contribution is 5.05. The van der Waals surface area contributed by atoms with E-state index in [-0.39, 0.29) is 12.6 Å². The van der Waals surface area contributed by atoms with Gasteiger partial charge in [0.2, 0.25) is 0 Å². The highest BCUT2D eigenvalue weighted by atomic mass is 16.3. The van der Waals surface area contributed by atoms with Gasteiger partial charge >= 0.3 is 0 Å². The number of nitrogens with one attached hydrogen (secondary N) is 1. The lowest BCUT2D eigenvalue weighted by molar-refractivity contribution is 0.250. The van der Waals surface area contributed by atoms with Crippen LogP contribution in [-0.4, -0.2) is 52.2 Å². The molecule has 1 atom stereocenters. The minimum atomic E-state index is 0.0669. The zero-order valence-corrected chi connectivity index (χ0v) is 11.9. The number of nitrogens with zero attached hydrogens (tertiary/aromatic N) is 4. The van der Waals surface area contributed by atoms with Crippen LogP contribution in [0.2, 0.25) is 0 Å². The average molecular weight is 279 g/mol. The Morgan fingerprint density at radius 3 is 3.00 bits per heavy atom. The maximum absolute atomic E-state index is 8.82. The van der Waals surface area contributed by atoms with E-state index in [0.717, 1.165) is 18.0 Å². The normalized spacial score (nSPS) is 13.0. The van der Waals surface area contributed by atoms with E-state index in [2.05, 4.69) is 20.5 Å². The van der Waals surface area contributed by atoms with Crippen molar-refractivity contribution in [3.05, 3.63) is 36.0 Å². The van der Waals surface area contributed by atoms with Crippen molar-refractivity contribution in [2.24, 2.45) is 0 Å². The van der Waals surface area contributed by atoms with Gasteiger partial charge in [-0.3, -0.25) is 4.90 Å². The summed E-state index contributed by atoms with van der Waals surface area (Å²) in [5, 5.41) is 20.1. The highest BCUT2D eigenvalue weighted by Crippen LogP contribution is 2.17. The van der Waals surface area contributed by atoms with E-state index in [1.165, 1.54) is 0 Å². The van der Waals surface area contributed by atoms with Crippen LogP contribution < -0.4 is 5.32 Å². The number of aliphatic hydroxyl groups excluding tert-OH is 1. The van der Waals surface area contributed by atoms with Gasteiger partial charge in [-0.2, -0.15) is 0 Å². The van der Waals surface area contributed by atoms with Gasteiger partial charge < -0.3 is 14.8 Å². The molecule has 2 heterocycles. The molecule has 0 amide bonds. The van der Waals surface area contributed by atoms with Crippen LogP contribution in [-0.2, 0) is 13.1 Å². The quantitative estimate of drug-likeness (QED) is 0.721. The van der Waals surface area contributed by atoms with Crippen LogP contribution in [0.4, 0.5) is 0 Å². The van der Waals surface area contributed by atoms with Crippen LogP contribution in [0.15, 0.2) is 29.0 Å². The molecule has 0 radical (unpaired) electrons. The van der Waals surface area contributed by atoms with Crippen molar-refractivity contribution in [2.45, 2.75) is 19.1 Å². The average Bonchev–Trinajstić information content (AvgIpc) is 3.06. The van der Waals surface area contributed by atoms with Gasteiger partial charge in [-0.1, -0.05) is 5.21 Å². The minimum absolute atomic E-state index is 0.0669. The molecule has 1 unspecified atom stereocenters.